The molecule has 0 radical (unpaired) electrons. The molecule has 0 saturated carbocycles. The van der Waals surface area contributed by atoms with Crippen LogP contribution in [0.25, 0.3) is 11.4 Å². The number of nitrogens with zero attached hydrogens (tertiary/aromatic N) is 2. The van der Waals surface area contributed by atoms with Crippen LogP contribution in [0.15, 0.2) is 39.6 Å². The molecule has 27 heavy (non-hydrogen) atoms. The predicted octanol–water partition coefficient (Wildman–Crippen LogP) is 1.44. The van der Waals surface area contributed by atoms with Crippen LogP contribution in [-0.4, -0.2) is 39.4 Å². The number of aromatic nitrogens is 4. The van der Waals surface area contributed by atoms with Gasteiger partial charge in [-0.05, 0) is 31.2 Å². The number of benzene rings is 1. The monoisotopic (exact) mass is 371 g/mol. The highest BCUT2D eigenvalue weighted by atomic mass is 16.5. The third-order valence-electron chi connectivity index (χ3n) is 3.83. The van der Waals surface area contributed by atoms with Gasteiger partial charge in [-0.1, -0.05) is 5.16 Å². The lowest BCUT2D eigenvalue weighted by Gasteiger charge is -2.02. The summed E-state index contributed by atoms with van der Waals surface area (Å²) in [6, 6.07) is 8.88. The zero-order valence-corrected chi connectivity index (χ0v) is 14.9. The molecule has 0 spiro atoms. The average molecular weight is 371 g/mol. The van der Waals surface area contributed by atoms with Gasteiger partial charge in [0.25, 0.3) is 5.56 Å². The molecule has 0 bridgehead atoms. The van der Waals surface area contributed by atoms with E-state index in [0.717, 1.165) is 17.0 Å². The normalized spacial score (nSPS) is 10.7. The average Bonchev–Trinajstić information content (AvgIpc) is 3.30. The van der Waals surface area contributed by atoms with Gasteiger partial charge in [-0.25, -0.2) is 0 Å². The van der Waals surface area contributed by atoms with Gasteiger partial charge in [-0.2, -0.15) is 4.98 Å². The van der Waals surface area contributed by atoms with E-state index in [9.17, 15) is 9.59 Å². The van der Waals surface area contributed by atoms with E-state index in [4.69, 9.17) is 9.26 Å². The standard InChI is InChI=1S/C18H21N5O4/c1-2-26-14-5-3-12(4-6-14)18-20-17(27-23-18)8-7-15(24)19-10-9-13-11-16(25)22-21-13/h3-6,11H,2,7-10H2,1H3,(H,19,24)(H2,21,22,25). The maximum absolute atomic E-state index is 11.9. The Morgan fingerprint density at radius 1 is 1.22 bits per heavy atom. The van der Waals surface area contributed by atoms with E-state index in [1.165, 1.54) is 6.07 Å². The number of hydrogen-bond acceptors (Lipinski definition) is 6. The highest BCUT2D eigenvalue weighted by molar-refractivity contribution is 5.76. The molecule has 9 nitrogen and oxygen atoms in total. The fourth-order valence-corrected chi connectivity index (χ4v) is 2.49. The Morgan fingerprint density at radius 3 is 2.74 bits per heavy atom. The first-order valence-corrected chi connectivity index (χ1v) is 8.73. The van der Waals surface area contributed by atoms with E-state index in [0.29, 0.717) is 37.7 Å². The molecular weight excluding hydrogens is 350 g/mol. The molecule has 0 aliphatic rings. The van der Waals surface area contributed by atoms with Crippen molar-refractivity contribution in [2.45, 2.75) is 26.2 Å². The largest absolute Gasteiger partial charge is 0.494 e. The Bertz CT molecular complexity index is 926. The molecule has 142 valence electrons. The maximum atomic E-state index is 11.9. The lowest BCUT2D eigenvalue weighted by molar-refractivity contribution is -0.121. The van der Waals surface area contributed by atoms with Gasteiger partial charge in [0.2, 0.25) is 17.6 Å². The highest BCUT2D eigenvalue weighted by Crippen LogP contribution is 2.20. The number of H-pyrrole nitrogens is 2. The van der Waals surface area contributed by atoms with E-state index in [1.54, 1.807) is 0 Å². The summed E-state index contributed by atoms with van der Waals surface area (Å²) in [4.78, 5) is 27.2. The number of amides is 1. The molecule has 3 N–H and O–H groups in total. The minimum Gasteiger partial charge on any atom is -0.494 e. The summed E-state index contributed by atoms with van der Waals surface area (Å²) >= 11 is 0. The lowest BCUT2D eigenvalue weighted by Crippen LogP contribution is -2.26. The molecule has 0 unspecified atom stereocenters. The molecule has 1 amide bonds. The Labute approximate surface area is 155 Å². The van der Waals surface area contributed by atoms with E-state index in [-0.39, 0.29) is 17.9 Å². The first-order valence-electron chi connectivity index (χ1n) is 8.73. The van der Waals surface area contributed by atoms with Crippen molar-refractivity contribution >= 4 is 5.91 Å². The summed E-state index contributed by atoms with van der Waals surface area (Å²) in [6.07, 6.45) is 1.15. The van der Waals surface area contributed by atoms with E-state index < -0.39 is 0 Å². The van der Waals surface area contributed by atoms with Crippen molar-refractivity contribution in [3.05, 3.63) is 52.3 Å². The van der Waals surface area contributed by atoms with Gasteiger partial charge in [0, 0.05) is 43.1 Å². The van der Waals surface area contributed by atoms with Crippen LogP contribution in [-0.2, 0) is 17.6 Å². The number of nitrogens with one attached hydrogen (secondary N) is 3. The van der Waals surface area contributed by atoms with Crippen molar-refractivity contribution in [1.29, 1.82) is 0 Å². The van der Waals surface area contributed by atoms with Gasteiger partial charge in [0.1, 0.15) is 5.75 Å². The molecular formula is C18H21N5O4. The summed E-state index contributed by atoms with van der Waals surface area (Å²) in [5.74, 6) is 1.55. The number of aromatic amines is 2. The minimum absolute atomic E-state index is 0.117. The quantitative estimate of drug-likeness (QED) is 0.522. The van der Waals surface area contributed by atoms with Crippen LogP contribution < -0.4 is 15.6 Å². The van der Waals surface area contributed by atoms with Gasteiger partial charge < -0.3 is 19.7 Å². The van der Waals surface area contributed by atoms with Gasteiger partial charge in [-0.3, -0.25) is 14.7 Å². The smallest absolute Gasteiger partial charge is 0.264 e. The van der Waals surface area contributed by atoms with Gasteiger partial charge in [-0.15, -0.1) is 0 Å². The van der Waals surface area contributed by atoms with Crippen molar-refractivity contribution in [2.24, 2.45) is 0 Å². The lowest BCUT2D eigenvalue weighted by atomic mass is 10.2. The Kier molecular flexibility index (Phi) is 6.03. The van der Waals surface area contributed by atoms with Gasteiger partial charge >= 0.3 is 0 Å². The third-order valence-corrected chi connectivity index (χ3v) is 3.83. The summed E-state index contributed by atoms with van der Waals surface area (Å²) in [5, 5.41) is 11.9. The molecule has 0 aliphatic carbocycles. The van der Waals surface area contributed by atoms with Gasteiger partial charge in [0.15, 0.2) is 0 Å². The van der Waals surface area contributed by atoms with Crippen LogP contribution in [0.5, 0.6) is 5.75 Å². The molecule has 0 atom stereocenters. The van der Waals surface area contributed by atoms with Crippen molar-refractivity contribution in [2.75, 3.05) is 13.2 Å². The van der Waals surface area contributed by atoms with Crippen molar-refractivity contribution in [3.63, 3.8) is 0 Å². The summed E-state index contributed by atoms with van der Waals surface area (Å²) in [7, 11) is 0. The number of carbonyl (C=O) groups is 1. The summed E-state index contributed by atoms with van der Waals surface area (Å²) in [5.41, 5.74) is 1.38. The van der Waals surface area contributed by atoms with E-state index in [1.807, 2.05) is 31.2 Å². The topological polar surface area (TPSA) is 126 Å². The zero-order chi connectivity index (χ0) is 19.1. The van der Waals surface area contributed by atoms with Crippen molar-refractivity contribution < 1.29 is 14.1 Å². The molecule has 3 rings (SSSR count). The zero-order valence-electron chi connectivity index (χ0n) is 14.9. The van der Waals surface area contributed by atoms with E-state index in [2.05, 4.69) is 25.7 Å². The van der Waals surface area contributed by atoms with E-state index >= 15 is 0 Å². The first-order chi connectivity index (χ1) is 13.1. The molecule has 1 aromatic carbocycles. The molecule has 2 heterocycles. The molecule has 3 aromatic rings. The first kappa shape index (κ1) is 18.4. The minimum atomic E-state index is -0.184. The molecule has 0 saturated heterocycles. The molecule has 0 fully saturated rings. The Morgan fingerprint density at radius 2 is 2.04 bits per heavy atom. The second-order valence-electron chi connectivity index (χ2n) is 5.85. The summed E-state index contributed by atoms with van der Waals surface area (Å²) < 4.78 is 10.6. The number of hydrogen-bond donors (Lipinski definition) is 3. The van der Waals surface area contributed by atoms with Crippen LogP contribution in [0.2, 0.25) is 0 Å². The third kappa shape index (κ3) is 5.30. The van der Waals surface area contributed by atoms with Crippen LogP contribution in [0.4, 0.5) is 0 Å². The number of carbonyl (C=O) groups excluding carboxylic acids is 1. The van der Waals surface area contributed by atoms with Crippen molar-refractivity contribution in [3.8, 4) is 17.1 Å². The van der Waals surface area contributed by atoms with Crippen LogP contribution in [0.1, 0.15) is 24.9 Å². The molecule has 9 heteroatoms. The number of ether oxygens (including phenoxy) is 1. The predicted molar refractivity (Wildman–Crippen MR) is 97.4 cm³/mol. The highest BCUT2D eigenvalue weighted by Gasteiger charge is 2.11. The number of rotatable bonds is 9. The van der Waals surface area contributed by atoms with Crippen molar-refractivity contribution in [1.82, 2.24) is 25.7 Å². The fourth-order valence-electron chi connectivity index (χ4n) is 2.49. The second kappa shape index (κ2) is 8.84. The number of aryl methyl sites for hydroxylation is 1. The SMILES string of the molecule is CCOc1ccc(-c2noc(CCC(=O)NCCc3cc(=O)[nH][nH]3)n2)cc1. The second-order valence-corrected chi connectivity index (χ2v) is 5.85. The Balaban J connectivity index is 1.44. The molecule has 0 aliphatic heterocycles. The Hall–Kier alpha value is -3.36. The van der Waals surface area contributed by atoms with Crippen LogP contribution in [0, 0.1) is 0 Å². The molecule has 2 aromatic heterocycles. The van der Waals surface area contributed by atoms with Gasteiger partial charge in [0.05, 0.1) is 6.61 Å². The summed E-state index contributed by atoms with van der Waals surface area (Å²) in [6.45, 7) is 2.97. The fraction of sp³-hybridized carbons (Fsp3) is 0.333. The van der Waals surface area contributed by atoms with Crippen LogP contribution >= 0.6 is 0 Å². The van der Waals surface area contributed by atoms with Crippen LogP contribution in [0.3, 0.4) is 0 Å². The maximum Gasteiger partial charge on any atom is 0.264 e.